The van der Waals surface area contributed by atoms with E-state index in [1.807, 2.05) is 0 Å². The molecule has 0 saturated heterocycles. The summed E-state index contributed by atoms with van der Waals surface area (Å²) in [6.45, 7) is 1.80. The number of carboxylic acids is 1. The van der Waals surface area contributed by atoms with Crippen molar-refractivity contribution in [1.29, 1.82) is 0 Å². The van der Waals surface area contributed by atoms with Crippen LogP contribution in [0.25, 0.3) is 0 Å². The first-order valence-electron chi connectivity index (χ1n) is 6.79. The summed E-state index contributed by atoms with van der Waals surface area (Å²) >= 11 is 0. The van der Waals surface area contributed by atoms with Gasteiger partial charge in [-0.1, -0.05) is 18.9 Å². The van der Waals surface area contributed by atoms with Crippen LogP contribution < -0.4 is 5.32 Å². The summed E-state index contributed by atoms with van der Waals surface area (Å²) in [4.78, 5) is 23.4. The topological polar surface area (TPSA) is 66.4 Å². The third kappa shape index (κ3) is 3.15. The zero-order chi connectivity index (χ0) is 14.7. The highest BCUT2D eigenvalue weighted by molar-refractivity contribution is 5.95. The van der Waals surface area contributed by atoms with Crippen LogP contribution in [0.4, 0.5) is 10.1 Å². The highest BCUT2D eigenvalue weighted by Crippen LogP contribution is 2.31. The van der Waals surface area contributed by atoms with Crippen LogP contribution in [0.15, 0.2) is 18.2 Å². The number of halogens is 1. The molecule has 0 aromatic heterocycles. The molecule has 108 valence electrons. The Morgan fingerprint density at radius 2 is 1.90 bits per heavy atom. The summed E-state index contributed by atoms with van der Waals surface area (Å²) in [5, 5.41) is 11.7. The van der Waals surface area contributed by atoms with Gasteiger partial charge in [0.15, 0.2) is 0 Å². The summed E-state index contributed by atoms with van der Waals surface area (Å²) in [5.74, 6) is -3.11. The van der Waals surface area contributed by atoms with Crippen molar-refractivity contribution < 1.29 is 19.1 Å². The minimum Gasteiger partial charge on any atom is -0.481 e. The number of nitrogens with one attached hydrogen (secondary N) is 1. The Balaban J connectivity index is 2.14. The van der Waals surface area contributed by atoms with E-state index >= 15 is 0 Å². The summed E-state index contributed by atoms with van der Waals surface area (Å²) in [6.07, 6.45) is 2.69. The zero-order valence-corrected chi connectivity index (χ0v) is 11.4. The van der Waals surface area contributed by atoms with E-state index in [-0.39, 0.29) is 5.69 Å². The number of amides is 1. The van der Waals surface area contributed by atoms with Crippen molar-refractivity contribution in [2.75, 3.05) is 5.32 Å². The maximum atomic E-state index is 13.6. The third-order valence-electron chi connectivity index (χ3n) is 3.80. The number of carbonyl (C=O) groups is 2. The number of anilines is 1. The van der Waals surface area contributed by atoms with Gasteiger partial charge in [-0.15, -0.1) is 0 Å². The van der Waals surface area contributed by atoms with E-state index in [4.69, 9.17) is 5.11 Å². The molecule has 0 heterocycles. The lowest BCUT2D eigenvalue weighted by Crippen LogP contribution is -2.36. The molecular formula is C15H18FNO3. The van der Waals surface area contributed by atoms with Gasteiger partial charge in [-0.3, -0.25) is 9.59 Å². The minimum absolute atomic E-state index is 0.115. The molecule has 20 heavy (non-hydrogen) atoms. The Morgan fingerprint density at radius 1 is 1.25 bits per heavy atom. The summed E-state index contributed by atoms with van der Waals surface area (Å²) < 4.78 is 13.6. The van der Waals surface area contributed by atoms with Crippen LogP contribution in [0.2, 0.25) is 0 Å². The lowest BCUT2D eigenvalue weighted by atomic mass is 9.78. The average Bonchev–Trinajstić information content (AvgIpc) is 2.42. The summed E-state index contributed by atoms with van der Waals surface area (Å²) in [6, 6.07) is 4.46. The second kappa shape index (κ2) is 6.03. The second-order valence-electron chi connectivity index (χ2n) is 5.31. The largest absolute Gasteiger partial charge is 0.481 e. The number of aliphatic carboxylic acids is 1. The summed E-state index contributed by atoms with van der Waals surface area (Å²) in [5.41, 5.74) is 0.949. The molecule has 4 nitrogen and oxygen atoms in total. The maximum absolute atomic E-state index is 13.6. The molecule has 1 aromatic carbocycles. The van der Waals surface area contributed by atoms with Crippen molar-refractivity contribution in [2.24, 2.45) is 11.8 Å². The predicted octanol–water partition coefficient (Wildman–Crippen LogP) is 2.96. The van der Waals surface area contributed by atoms with E-state index in [0.717, 1.165) is 18.4 Å². The van der Waals surface area contributed by atoms with Crippen molar-refractivity contribution in [1.82, 2.24) is 0 Å². The van der Waals surface area contributed by atoms with Gasteiger partial charge in [0.25, 0.3) is 0 Å². The number of aryl methyl sites for hydroxylation is 1. The fraction of sp³-hybridized carbons (Fsp3) is 0.467. The van der Waals surface area contributed by atoms with Crippen molar-refractivity contribution in [3.63, 3.8) is 0 Å². The van der Waals surface area contributed by atoms with Crippen LogP contribution in [0, 0.1) is 24.6 Å². The molecule has 1 aliphatic carbocycles. The first-order valence-corrected chi connectivity index (χ1v) is 6.79. The number of carbonyl (C=O) groups excluding carboxylic acids is 1. The fourth-order valence-electron chi connectivity index (χ4n) is 2.70. The molecular weight excluding hydrogens is 261 g/mol. The standard InChI is InChI=1S/C15H18FNO3/c1-9-6-7-12(16)13(8-9)17-14(18)10-4-2-3-5-11(10)15(19)20/h6-8,10-11H,2-5H2,1H3,(H,17,18)(H,19,20)/t10-,11-/m1/s1. The number of hydrogen-bond donors (Lipinski definition) is 2. The molecule has 1 fully saturated rings. The van der Waals surface area contributed by atoms with Crippen LogP contribution in [0.5, 0.6) is 0 Å². The molecule has 2 rings (SSSR count). The SMILES string of the molecule is Cc1ccc(F)c(NC(=O)[C@@H]2CCCC[C@H]2C(=O)O)c1. The molecule has 1 saturated carbocycles. The van der Waals surface area contributed by atoms with Crippen molar-refractivity contribution >= 4 is 17.6 Å². The molecule has 0 spiro atoms. The van der Waals surface area contributed by atoms with Gasteiger partial charge in [-0.05, 0) is 37.5 Å². The summed E-state index contributed by atoms with van der Waals surface area (Å²) in [7, 11) is 0. The molecule has 0 aliphatic heterocycles. The monoisotopic (exact) mass is 279 g/mol. The van der Waals surface area contributed by atoms with E-state index < -0.39 is 29.5 Å². The highest BCUT2D eigenvalue weighted by Gasteiger charge is 2.35. The molecule has 1 aliphatic rings. The van der Waals surface area contributed by atoms with E-state index in [0.29, 0.717) is 12.8 Å². The van der Waals surface area contributed by atoms with Crippen molar-refractivity contribution in [2.45, 2.75) is 32.6 Å². The second-order valence-corrected chi connectivity index (χ2v) is 5.31. The fourth-order valence-corrected chi connectivity index (χ4v) is 2.70. The molecule has 2 atom stereocenters. The lowest BCUT2D eigenvalue weighted by molar-refractivity contribution is -0.147. The van der Waals surface area contributed by atoms with E-state index in [2.05, 4.69) is 5.32 Å². The van der Waals surface area contributed by atoms with Gasteiger partial charge < -0.3 is 10.4 Å². The Kier molecular flexibility index (Phi) is 4.37. The van der Waals surface area contributed by atoms with Crippen molar-refractivity contribution in [3.05, 3.63) is 29.6 Å². The zero-order valence-electron chi connectivity index (χ0n) is 11.4. The first-order chi connectivity index (χ1) is 9.49. The van der Waals surface area contributed by atoms with Gasteiger partial charge in [0.2, 0.25) is 5.91 Å². The van der Waals surface area contributed by atoms with Gasteiger partial charge in [0, 0.05) is 0 Å². The van der Waals surface area contributed by atoms with Gasteiger partial charge in [0.1, 0.15) is 5.82 Å². The van der Waals surface area contributed by atoms with E-state index in [9.17, 15) is 14.0 Å². The van der Waals surface area contributed by atoms with E-state index in [1.165, 1.54) is 6.07 Å². The number of benzene rings is 1. The highest BCUT2D eigenvalue weighted by atomic mass is 19.1. The van der Waals surface area contributed by atoms with Crippen LogP contribution in [-0.2, 0) is 9.59 Å². The number of hydrogen-bond acceptors (Lipinski definition) is 2. The smallest absolute Gasteiger partial charge is 0.307 e. The van der Waals surface area contributed by atoms with Crippen LogP contribution in [0.1, 0.15) is 31.2 Å². The quantitative estimate of drug-likeness (QED) is 0.894. The molecule has 1 amide bonds. The molecule has 5 heteroatoms. The van der Waals surface area contributed by atoms with Crippen LogP contribution in [-0.4, -0.2) is 17.0 Å². The van der Waals surface area contributed by atoms with Gasteiger partial charge >= 0.3 is 5.97 Å². The Bertz CT molecular complexity index is 530. The third-order valence-corrected chi connectivity index (χ3v) is 3.80. The van der Waals surface area contributed by atoms with Gasteiger partial charge in [-0.2, -0.15) is 0 Å². The molecule has 1 aromatic rings. The first kappa shape index (κ1) is 14.5. The average molecular weight is 279 g/mol. The Labute approximate surface area is 117 Å². The minimum atomic E-state index is -0.949. The van der Waals surface area contributed by atoms with Crippen molar-refractivity contribution in [3.8, 4) is 0 Å². The molecule has 0 bridgehead atoms. The molecule has 0 radical (unpaired) electrons. The number of rotatable bonds is 3. The van der Waals surface area contributed by atoms with Crippen LogP contribution in [0.3, 0.4) is 0 Å². The van der Waals surface area contributed by atoms with Gasteiger partial charge in [-0.25, -0.2) is 4.39 Å². The molecule has 2 N–H and O–H groups in total. The normalized spacial score (nSPS) is 22.3. The Hall–Kier alpha value is -1.91. The van der Waals surface area contributed by atoms with E-state index in [1.54, 1.807) is 19.1 Å². The molecule has 0 unspecified atom stereocenters. The lowest BCUT2D eigenvalue weighted by Gasteiger charge is -2.27. The van der Waals surface area contributed by atoms with Gasteiger partial charge in [0.05, 0.1) is 17.5 Å². The Morgan fingerprint density at radius 3 is 2.55 bits per heavy atom. The predicted molar refractivity (Wildman–Crippen MR) is 72.9 cm³/mol. The number of carboxylic acid groups (broad SMARTS) is 1. The van der Waals surface area contributed by atoms with Crippen LogP contribution >= 0.6 is 0 Å². The maximum Gasteiger partial charge on any atom is 0.307 e.